The van der Waals surface area contributed by atoms with Crippen LogP contribution in [0.1, 0.15) is 11.1 Å². The molecule has 0 spiro atoms. The smallest absolute Gasteiger partial charge is 0.200 e. The monoisotopic (exact) mass is 300 g/mol. The van der Waals surface area contributed by atoms with Crippen molar-refractivity contribution in [3.8, 4) is 5.75 Å². The maximum Gasteiger partial charge on any atom is 0.200 e. The van der Waals surface area contributed by atoms with Gasteiger partial charge in [0.1, 0.15) is 5.75 Å². The molecule has 0 bridgehead atoms. The highest BCUT2D eigenvalue weighted by Crippen LogP contribution is 2.24. The summed E-state index contributed by atoms with van der Waals surface area (Å²) in [7, 11) is 1.47. The molecule has 0 saturated heterocycles. The average Bonchev–Trinajstić information content (AvgIpc) is 2.51. The van der Waals surface area contributed by atoms with Crippen LogP contribution in [0, 0.1) is 29.1 Å². The molecule has 6 heteroatoms. The third-order valence-electron chi connectivity index (χ3n) is 2.80. The summed E-state index contributed by atoms with van der Waals surface area (Å²) in [6.45, 7) is 0. The number of hydrogen-bond donors (Lipinski definition) is 0. The van der Waals surface area contributed by atoms with Crippen LogP contribution in [0.4, 0.5) is 22.0 Å². The summed E-state index contributed by atoms with van der Waals surface area (Å²) >= 11 is 0. The van der Waals surface area contributed by atoms with E-state index in [-0.39, 0.29) is 0 Å². The minimum absolute atomic E-state index is 0.514. The molecule has 0 N–H and O–H groups in total. The summed E-state index contributed by atoms with van der Waals surface area (Å²) < 4.78 is 70.7. The van der Waals surface area contributed by atoms with Crippen LogP contribution in [0.25, 0.3) is 12.2 Å². The highest BCUT2D eigenvalue weighted by molar-refractivity contribution is 5.70. The van der Waals surface area contributed by atoms with E-state index in [0.717, 1.165) is 6.08 Å². The molecule has 0 aromatic heterocycles. The van der Waals surface area contributed by atoms with E-state index < -0.39 is 34.6 Å². The van der Waals surface area contributed by atoms with Crippen LogP contribution in [0.5, 0.6) is 5.75 Å². The minimum atomic E-state index is -2.17. The standard InChI is InChI=1S/C15H9F5O/c1-21-9-5-2-8(3-6-9)4-7-10-11(16)13(18)15(20)14(19)12(10)17/h2-7H,1H3. The second-order valence-electron chi connectivity index (χ2n) is 4.09. The van der Waals surface area contributed by atoms with Gasteiger partial charge in [-0.25, -0.2) is 22.0 Å². The zero-order valence-electron chi connectivity index (χ0n) is 10.8. The molecule has 0 fully saturated rings. The molecule has 2 aromatic rings. The Hall–Kier alpha value is -2.37. The van der Waals surface area contributed by atoms with Gasteiger partial charge in [0, 0.05) is 0 Å². The summed E-state index contributed by atoms with van der Waals surface area (Å²) in [6.07, 6.45) is 2.07. The van der Waals surface area contributed by atoms with Gasteiger partial charge < -0.3 is 4.74 Å². The molecule has 110 valence electrons. The Bertz CT molecular complexity index is 663. The van der Waals surface area contributed by atoms with Crippen molar-refractivity contribution in [1.82, 2.24) is 0 Å². The van der Waals surface area contributed by atoms with Gasteiger partial charge in [0.25, 0.3) is 0 Å². The van der Waals surface area contributed by atoms with E-state index >= 15 is 0 Å². The first kappa shape index (κ1) is 15.0. The lowest BCUT2D eigenvalue weighted by atomic mass is 10.1. The highest BCUT2D eigenvalue weighted by Gasteiger charge is 2.24. The second kappa shape index (κ2) is 5.95. The molecular weight excluding hydrogens is 291 g/mol. The van der Waals surface area contributed by atoms with Crippen molar-refractivity contribution in [1.29, 1.82) is 0 Å². The minimum Gasteiger partial charge on any atom is -0.497 e. The van der Waals surface area contributed by atoms with E-state index in [1.807, 2.05) is 0 Å². The Morgan fingerprint density at radius 1 is 0.714 bits per heavy atom. The number of ether oxygens (including phenoxy) is 1. The van der Waals surface area contributed by atoms with Gasteiger partial charge in [-0.05, 0) is 23.8 Å². The van der Waals surface area contributed by atoms with Gasteiger partial charge in [0.15, 0.2) is 23.3 Å². The fourth-order valence-electron chi connectivity index (χ4n) is 1.66. The number of benzene rings is 2. The maximum atomic E-state index is 13.4. The van der Waals surface area contributed by atoms with Crippen LogP contribution in [-0.2, 0) is 0 Å². The lowest BCUT2D eigenvalue weighted by Crippen LogP contribution is -2.03. The molecule has 21 heavy (non-hydrogen) atoms. The number of halogens is 5. The fraction of sp³-hybridized carbons (Fsp3) is 0.0667. The lowest BCUT2D eigenvalue weighted by Gasteiger charge is -2.04. The van der Waals surface area contributed by atoms with Crippen molar-refractivity contribution >= 4 is 12.2 Å². The summed E-state index contributed by atoms with van der Waals surface area (Å²) in [4.78, 5) is 0. The quantitative estimate of drug-likeness (QED) is 0.349. The molecule has 0 aliphatic rings. The third-order valence-corrected chi connectivity index (χ3v) is 2.80. The second-order valence-corrected chi connectivity index (χ2v) is 4.09. The van der Waals surface area contributed by atoms with Crippen LogP contribution in [0.3, 0.4) is 0 Å². The van der Waals surface area contributed by atoms with Crippen molar-refractivity contribution in [2.75, 3.05) is 7.11 Å². The zero-order valence-corrected chi connectivity index (χ0v) is 10.8. The van der Waals surface area contributed by atoms with Crippen LogP contribution < -0.4 is 4.74 Å². The SMILES string of the molecule is COc1ccc(C=Cc2c(F)c(F)c(F)c(F)c2F)cc1. The average molecular weight is 300 g/mol. The number of rotatable bonds is 3. The van der Waals surface area contributed by atoms with Crippen molar-refractivity contribution in [3.63, 3.8) is 0 Å². The normalized spacial score (nSPS) is 11.1. The Balaban J connectivity index is 2.41. The topological polar surface area (TPSA) is 9.23 Å². The maximum absolute atomic E-state index is 13.4. The Morgan fingerprint density at radius 2 is 1.19 bits per heavy atom. The Labute approximate surface area is 117 Å². The zero-order chi connectivity index (χ0) is 15.6. The van der Waals surface area contributed by atoms with Crippen molar-refractivity contribution in [3.05, 3.63) is 64.5 Å². The van der Waals surface area contributed by atoms with E-state index in [9.17, 15) is 22.0 Å². The molecule has 2 aromatic carbocycles. The molecule has 0 radical (unpaired) electrons. The Morgan fingerprint density at radius 3 is 1.67 bits per heavy atom. The largest absolute Gasteiger partial charge is 0.497 e. The lowest BCUT2D eigenvalue weighted by molar-refractivity contribution is 0.377. The van der Waals surface area contributed by atoms with Gasteiger partial charge >= 0.3 is 0 Å². The van der Waals surface area contributed by atoms with E-state index in [1.54, 1.807) is 24.3 Å². The van der Waals surface area contributed by atoms with Crippen LogP contribution in [0.15, 0.2) is 24.3 Å². The third kappa shape index (κ3) is 2.89. The predicted molar refractivity (Wildman–Crippen MR) is 68.2 cm³/mol. The van der Waals surface area contributed by atoms with Gasteiger partial charge in [-0.2, -0.15) is 0 Å². The van der Waals surface area contributed by atoms with E-state index in [1.165, 1.54) is 13.2 Å². The molecule has 0 aliphatic heterocycles. The Kier molecular flexibility index (Phi) is 4.26. The van der Waals surface area contributed by atoms with Gasteiger partial charge in [0.05, 0.1) is 12.7 Å². The number of hydrogen-bond acceptors (Lipinski definition) is 1. The summed E-state index contributed by atoms with van der Waals surface area (Å²) in [5.74, 6) is -9.27. The molecule has 0 unspecified atom stereocenters. The van der Waals surface area contributed by atoms with Gasteiger partial charge in [-0.3, -0.25) is 0 Å². The number of methoxy groups -OCH3 is 1. The molecule has 2 rings (SSSR count). The molecule has 0 atom stereocenters. The summed E-state index contributed by atoms with van der Waals surface area (Å²) in [5.41, 5.74) is -0.470. The van der Waals surface area contributed by atoms with Crippen LogP contribution in [0.2, 0.25) is 0 Å². The van der Waals surface area contributed by atoms with E-state index in [4.69, 9.17) is 4.74 Å². The fourth-order valence-corrected chi connectivity index (χ4v) is 1.66. The van der Waals surface area contributed by atoms with Crippen LogP contribution >= 0.6 is 0 Å². The first-order valence-corrected chi connectivity index (χ1v) is 5.79. The van der Waals surface area contributed by atoms with E-state index in [2.05, 4.69) is 0 Å². The van der Waals surface area contributed by atoms with Crippen molar-refractivity contribution in [2.24, 2.45) is 0 Å². The molecule has 0 saturated carbocycles. The molecular formula is C15H9F5O. The summed E-state index contributed by atoms with van der Waals surface area (Å²) in [6, 6.07) is 6.33. The van der Waals surface area contributed by atoms with Crippen molar-refractivity contribution in [2.45, 2.75) is 0 Å². The summed E-state index contributed by atoms with van der Waals surface area (Å²) in [5, 5.41) is 0. The first-order valence-electron chi connectivity index (χ1n) is 5.79. The van der Waals surface area contributed by atoms with Gasteiger partial charge in [-0.1, -0.05) is 18.2 Å². The first-order chi connectivity index (χ1) is 9.95. The predicted octanol–water partition coefficient (Wildman–Crippen LogP) is 4.56. The van der Waals surface area contributed by atoms with Crippen molar-refractivity contribution < 1.29 is 26.7 Å². The highest BCUT2D eigenvalue weighted by atomic mass is 19.2. The molecule has 0 heterocycles. The van der Waals surface area contributed by atoms with Crippen LogP contribution in [-0.4, -0.2) is 7.11 Å². The molecule has 1 nitrogen and oxygen atoms in total. The van der Waals surface area contributed by atoms with E-state index in [0.29, 0.717) is 11.3 Å². The van der Waals surface area contributed by atoms with Gasteiger partial charge in [-0.15, -0.1) is 0 Å². The van der Waals surface area contributed by atoms with Gasteiger partial charge in [0.2, 0.25) is 5.82 Å². The molecule has 0 aliphatic carbocycles. The molecule has 0 amide bonds.